The van der Waals surface area contributed by atoms with Crippen LogP contribution >= 0.6 is 0 Å². The van der Waals surface area contributed by atoms with Gasteiger partial charge in [-0.15, -0.1) is 0 Å². The van der Waals surface area contributed by atoms with Crippen LogP contribution in [0.15, 0.2) is 30.3 Å². The van der Waals surface area contributed by atoms with Crippen LogP contribution in [-0.4, -0.2) is 67.3 Å². The van der Waals surface area contributed by atoms with Gasteiger partial charge in [0.05, 0.1) is 0 Å². The average Bonchev–Trinajstić information content (AvgIpc) is 2.63. The smallest absolute Gasteiger partial charge is 0.303 e. The zero-order chi connectivity index (χ0) is 20.0. The Kier molecular flexibility index (Phi) is 7.28. The Bertz CT molecular complexity index is 665. The lowest BCUT2D eigenvalue weighted by molar-refractivity contribution is -0.263. The maximum atomic E-state index is 12.4. The summed E-state index contributed by atoms with van der Waals surface area (Å²) in [6, 6.07) is 7.38. The van der Waals surface area contributed by atoms with Crippen LogP contribution in [0.3, 0.4) is 0 Å². The molecule has 1 aliphatic heterocycles. The summed E-state index contributed by atoms with van der Waals surface area (Å²) in [6.07, 6.45) is -4.35. The Morgan fingerprint density at radius 1 is 1.11 bits per heavy atom. The highest BCUT2D eigenvalue weighted by Gasteiger charge is 2.48. The summed E-state index contributed by atoms with van der Waals surface area (Å²) in [5.74, 6) is -1.61. The van der Waals surface area contributed by atoms with Crippen molar-refractivity contribution in [1.82, 2.24) is 5.32 Å². The Morgan fingerprint density at radius 3 is 2.33 bits per heavy atom. The molecule has 1 amide bonds. The molecular formula is C18H23NO8. The molecule has 1 aromatic carbocycles. The van der Waals surface area contributed by atoms with Crippen molar-refractivity contribution < 1.29 is 38.4 Å². The number of hydrogen-bond donors (Lipinski definition) is 2. The highest BCUT2D eigenvalue weighted by atomic mass is 16.7. The van der Waals surface area contributed by atoms with E-state index in [4.69, 9.17) is 18.9 Å². The molecule has 27 heavy (non-hydrogen) atoms. The number of amides is 1. The minimum atomic E-state index is -1.46. The lowest BCUT2D eigenvalue weighted by Gasteiger charge is -2.43. The van der Waals surface area contributed by atoms with Crippen LogP contribution in [0.1, 0.15) is 24.2 Å². The van der Waals surface area contributed by atoms with Gasteiger partial charge in [0.2, 0.25) is 0 Å². The predicted molar refractivity (Wildman–Crippen MR) is 91.6 cm³/mol. The Labute approximate surface area is 156 Å². The SMILES string of the molecule is CO[C@@H]1[C@H](NC(=O)c2ccccc2)[C@H](O)O[C@@H](COC(C)=O)[C@@H]1OC(C)=O. The monoisotopic (exact) mass is 381 g/mol. The van der Waals surface area contributed by atoms with Gasteiger partial charge >= 0.3 is 11.9 Å². The lowest BCUT2D eigenvalue weighted by Crippen LogP contribution is -2.65. The van der Waals surface area contributed by atoms with Crippen LogP contribution in [0.5, 0.6) is 0 Å². The van der Waals surface area contributed by atoms with E-state index in [1.165, 1.54) is 21.0 Å². The molecule has 1 heterocycles. The highest BCUT2D eigenvalue weighted by Crippen LogP contribution is 2.25. The van der Waals surface area contributed by atoms with E-state index >= 15 is 0 Å². The van der Waals surface area contributed by atoms with Gasteiger partial charge in [0.25, 0.3) is 5.91 Å². The fourth-order valence-corrected chi connectivity index (χ4v) is 2.85. The van der Waals surface area contributed by atoms with Crippen molar-refractivity contribution in [2.75, 3.05) is 13.7 Å². The number of hydrogen-bond acceptors (Lipinski definition) is 8. The molecule has 0 spiro atoms. The summed E-state index contributed by atoms with van der Waals surface area (Å²) in [6.45, 7) is 2.18. The number of aliphatic hydroxyl groups is 1. The van der Waals surface area contributed by atoms with E-state index in [0.29, 0.717) is 5.56 Å². The zero-order valence-electron chi connectivity index (χ0n) is 15.3. The van der Waals surface area contributed by atoms with Gasteiger partial charge < -0.3 is 29.4 Å². The summed E-state index contributed by atoms with van der Waals surface area (Å²) >= 11 is 0. The van der Waals surface area contributed by atoms with Crippen molar-refractivity contribution in [1.29, 1.82) is 0 Å². The maximum absolute atomic E-state index is 12.4. The van der Waals surface area contributed by atoms with E-state index in [1.807, 2.05) is 0 Å². The van der Waals surface area contributed by atoms with Gasteiger partial charge in [0.1, 0.15) is 24.9 Å². The van der Waals surface area contributed by atoms with E-state index in [2.05, 4.69) is 5.32 Å². The number of ether oxygens (including phenoxy) is 4. The van der Waals surface area contributed by atoms with Crippen LogP contribution in [0.25, 0.3) is 0 Å². The molecule has 1 fully saturated rings. The van der Waals surface area contributed by atoms with Crippen LogP contribution < -0.4 is 5.32 Å². The van der Waals surface area contributed by atoms with Gasteiger partial charge in [-0.25, -0.2) is 0 Å². The molecule has 0 aliphatic carbocycles. The Morgan fingerprint density at radius 2 is 1.78 bits per heavy atom. The third-order valence-corrected chi connectivity index (χ3v) is 4.02. The summed E-state index contributed by atoms with van der Waals surface area (Å²) < 4.78 is 21.0. The minimum absolute atomic E-state index is 0.246. The van der Waals surface area contributed by atoms with Crippen LogP contribution in [0.4, 0.5) is 0 Å². The quantitative estimate of drug-likeness (QED) is 0.662. The van der Waals surface area contributed by atoms with Crippen LogP contribution in [0, 0.1) is 0 Å². The second-order valence-corrected chi connectivity index (χ2v) is 6.01. The first-order valence-corrected chi connectivity index (χ1v) is 8.36. The molecule has 0 aromatic heterocycles. The van der Waals surface area contributed by atoms with Gasteiger partial charge in [-0.1, -0.05) is 18.2 Å². The topological polar surface area (TPSA) is 120 Å². The number of carbonyl (C=O) groups is 3. The van der Waals surface area contributed by atoms with Crippen molar-refractivity contribution in [3.05, 3.63) is 35.9 Å². The molecule has 9 nitrogen and oxygen atoms in total. The first kappa shape index (κ1) is 20.8. The van der Waals surface area contributed by atoms with Crippen LogP contribution in [-0.2, 0) is 28.5 Å². The number of aliphatic hydroxyl groups excluding tert-OH is 1. The molecule has 1 aromatic rings. The van der Waals surface area contributed by atoms with Crippen molar-refractivity contribution in [2.24, 2.45) is 0 Å². The number of benzene rings is 1. The number of rotatable bonds is 6. The summed E-state index contributed by atoms with van der Waals surface area (Å²) in [4.78, 5) is 35.0. The van der Waals surface area contributed by atoms with E-state index in [0.717, 1.165) is 0 Å². The maximum Gasteiger partial charge on any atom is 0.303 e. The van der Waals surface area contributed by atoms with Crippen molar-refractivity contribution >= 4 is 17.8 Å². The second-order valence-electron chi connectivity index (χ2n) is 6.01. The van der Waals surface area contributed by atoms with Crippen molar-refractivity contribution in [3.63, 3.8) is 0 Å². The number of nitrogens with one attached hydrogen (secondary N) is 1. The molecule has 1 saturated heterocycles. The molecule has 0 saturated carbocycles. The highest BCUT2D eigenvalue weighted by molar-refractivity contribution is 5.94. The van der Waals surface area contributed by atoms with Gasteiger partial charge in [0.15, 0.2) is 12.4 Å². The first-order valence-electron chi connectivity index (χ1n) is 8.36. The number of methoxy groups -OCH3 is 1. The van der Waals surface area contributed by atoms with Crippen molar-refractivity contribution in [2.45, 2.75) is 44.5 Å². The zero-order valence-corrected chi connectivity index (χ0v) is 15.3. The largest absolute Gasteiger partial charge is 0.463 e. The fourth-order valence-electron chi connectivity index (χ4n) is 2.85. The lowest BCUT2D eigenvalue weighted by atomic mass is 9.96. The molecule has 2 rings (SSSR count). The number of esters is 2. The van der Waals surface area contributed by atoms with Gasteiger partial charge in [-0.05, 0) is 12.1 Å². The van der Waals surface area contributed by atoms with Gasteiger partial charge in [0, 0.05) is 26.5 Å². The molecule has 5 atom stereocenters. The summed E-state index contributed by atoms with van der Waals surface area (Å²) in [7, 11) is 1.35. The molecule has 148 valence electrons. The molecule has 2 N–H and O–H groups in total. The first-order chi connectivity index (χ1) is 12.8. The van der Waals surface area contributed by atoms with Crippen LogP contribution in [0.2, 0.25) is 0 Å². The molecule has 0 bridgehead atoms. The molecular weight excluding hydrogens is 358 g/mol. The Balaban J connectivity index is 2.20. The average molecular weight is 381 g/mol. The summed E-state index contributed by atoms with van der Waals surface area (Å²) in [5.41, 5.74) is 0.380. The third-order valence-electron chi connectivity index (χ3n) is 4.02. The van der Waals surface area contributed by atoms with E-state index < -0.39 is 48.5 Å². The van der Waals surface area contributed by atoms with E-state index in [1.54, 1.807) is 30.3 Å². The third kappa shape index (κ3) is 5.49. The minimum Gasteiger partial charge on any atom is -0.463 e. The van der Waals surface area contributed by atoms with E-state index in [9.17, 15) is 19.5 Å². The molecule has 9 heteroatoms. The normalized spacial score (nSPS) is 27.5. The van der Waals surface area contributed by atoms with Gasteiger partial charge in [-0.2, -0.15) is 0 Å². The Hall–Kier alpha value is -2.49. The van der Waals surface area contributed by atoms with Crippen molar-refractivity contribution in [3.8, 4) is 0 Å². The fraction of sp³-hybridized carbons (Fsp3) is 0.500. The summed E-state index contributed by atoms with van der Waals surface area (Å²) in [5, 5.41) is 13.0. The standard InChI is InChI=1S/C18H23NO8/c1-10(20)25-9-13-15(26-11(2)21)16(24-3)14(18(23)27-13)19-17(22)12-7-5-4-6-8-12/h4-8,13-16,18,23H,9H2,1-3H3,(H,19,22)/t13-,14-,15-,16+,18+/m0/s1. The van der Waals surface area contributed by atoms with Gasteiger partial charge in [-0.3, -0.25) is 14.4 Å². The molecule has 0 radical (unpaired) electrons. The molecule has 0 unspecified atom stereocenters. The second kappa shape index (κ2) is 9.45. The molecule has 1 aliphatic rings. The number of carbonyl (C=O) groups excluding carboxylic acids is 3. The predicted octanol–water partition coefficient (Wildman–Crippen LogP) is 0.0120. The van der Waals surface area contributed by atoms with E-state index in [-0.39, 0.29) is 6.61 Å².